The third kappa shape index (κ3) is 2.31. The minimum absolute atomic E-state index is 0.231. The molecule has 3 heteroatoms. The average Bonchev–Trinajstić information content (AvgIpc) is 1.88. The molecule has 0 fully saturated rings. The quantitative estimate of drug-likeness (QED) is 0.664. The van der Waals surface area contributed by atoms with Crippen molar-refractivity contribution in [3.63, 3.8) is 0 Å². The molecular formula is C7H15NOS. The van der Waals surface area contributed by atoms with E-state index in [4.69, 9.17) is 0 Å². The molecule has 1 atom stereocenters. The lowest BCUT2D eigenvalue weighted by atomic mass is 10.1. The van der Waals surface area contributed by atoms with Gasteiger partial charge in [-0.3, -0.25) is 4.79 Å². The zero-order valence-electron chi connectivity index (χ0n) is 7.02. The molecule has 0 saturated carbocycles. The van der Waals surface area contributed by atoms with Gasteiger partial charge < -0.3 is 5.32 Å². The first kappa shape index (κ1) is 9.98. The molecule has 0 unspecified atom stereocenters. The number of hydrogen-bond donors (Lipinski definition) is 1. The Balaban J connectivity index is 4.08. The topological polar surface area (TPSA) is 29.1 Å². The van der Waals surface area contributed by atoms with E-state index >= 15 is 0 Å². The van der Waals surface area contributed by atoms with Gasteiger partial charge in [-0.15, -0.1) is 11.8 Å². The molecule has 0 bridgehead atoms. The van der Waals surface area contributed by atoms with Crippen molar-refractivity contribution in [2.24, 2.45) is 0 Å². The van der Waals surface area contributed by atoms with Crippen molar-refractivity contribution >= 4 is 17.5 Å². The Morgan fingerprint density at radius 2 is 2.20 bits per heavy atom. The fourth-order valence-electron chi connectivity index (χ4n) is 0.678. The summed E-state index contributed by atoms with van der Waals surface area (Å²) in [4.78, 5) is 11.0. The predicted molar refractivity (Wildman–Crippen MR) is 46.5 cm³/mol. The fraction of sp³-hybridized carbons (Fsp3) is 0.857. The highest BCUT2D eigenvalue weighted by molar-refractivity contribution is 8.00. The first-order valence-electron chi connectivity index (χ1n) is 3.27. The summed E-state index contributed by atoms with van der Waals surface area (Å²) in [6.45, 7) is 4.33. The van der Waals surface area contributed by atoms with Gasteiger partial charge in [0.2, 0.25) is 0 Å². The van der Waals surface area contributed by atoms with Crippen molar-refractivity contribution in [2.75, 3.05) is 19.8 Å². The number of hydrogen-bond acceptors (Lipinski definition) is 3. The predicted octanol–water partition coefficient (Wildman–Crippen LogP) is 0.916. The second-order valence-electron chi connectivity index (χ2n) is 2.52. The molecule has 0 amide bonds. The van der Waals surface area contributed by atoms with Crippen molar-refractivity contribution in [1.29, 1.82) is 0 Å². The van der Waals surface area contributed by atoms with Crippen molar-refractivity contribution in [1.82, 2.24) is 5.32 Å². The lowest BCUT2D eigenvalue weighted by molar-refractivity contribution is -0.118. The molecule has 0 radical (unpaired) electrons. The number of carbonyl (C=O) groups is 1. The van der Waals surface area contributed by atoms with Crippen LogP contribution in [0.15, 0.2) is 0 Å². The Bertz CT molecular complexity index is 127. The average molecular weight is 161 g/mol. The van der Waals surface area contributed by atoms with Gasteiger partial charge in [0.05, 0.1) is 4.75 Å². The van der Waals surface area contributed by atoms with Crippen LogP contribution in [0, 0.1) is 0 Å². The second-order valence-corrected chi connectivity index (χ2v) is 3.83. The van der Waals surface area contributed by atoms with E-state index in [1.807, 2.05) is 20.2 Å². The lowest BCUT2D eigenvalue weighted by Crippen LogP contribution is -2.39. The van der Waals surface area contributed by atoms with Crippen LogP contribution >= 0.6 is 11.8 Å². The lowest BCUT2D eigenvalue weighted by Gasteiger charge is -2.23. The van der Waals surface area contributed by atoms with Crippen LogP contribution in [-0.4, -0.2) is 30.4 Å². The summed E-state index contributed by atoms with van der Waals surface area (Å²) in [5, 5.41) is 3.00. The van der Waals surface area contributed by atoms with Crippen LogP contribution in [0.3, 0.4) is 0 Å². The molecule has 60 valence electrons. The summed E-state index contributed by atoms with van der Waals surface area (Å²) >= 11 is 1.59. The second kappa shape index (κ2) is 3.98. The Morgan fingerprint density at radius 3 is 2.30 bits per heavy atom. The number of carbonyl (C=O) groups excluding carboxylic acids is 1. The Morgan fingerprint density at radius 1 is 1.70 bits per heavy atom. The standard InChI is InChI=1S/C7H15NOS/c1-6(9)7(2,10-4)5-8-3/h8H,5H2,1-4H3/t7-/m1/s1. The van der Waals surface area contributed by atoms with Gasteiger partial charge in [0.25, 0.3) is 0 Å². The molecule has 0 aliphatic carbocycles. The van der Waals surface area contributed by atoms with Gasteiger partial charge in [-0.05, 0) is 27.2 Å². The number of Topliss-reactive ketones (excluding diaryl/α,β-unsaturated/α-hetero) is 1. The maximum atomic E-state index is 11.0. The number of rotatable bonds is 4. The number of nitrogens with one attached hydrogen (secondary N) is 1. The molecular weight excluding hydrogens is 146 g/mol. The van der Waals surface area contributed by atoms with Crippen LogP contribution in [0.2, 0.25) is 0 Å². The van der Waals surface area contributed by atoms with E-state index in [-0.39, 0.29) is 10.5 Å². The zero-order valence-corrected chi connectivity index (χ0v) is 7.84. The highest BCUT2D eigenvalue weighted by Crippen LogP contribution is 2.21. The van der Waals surface area contributed by atoms with Gasteiger partial charge in [-0.25, -0.2) is 0 Å². The van der Waals surface area contributed by atoms with Crippen LogP contribution in [0.25, 0.3) is 0 Å². The van der Waals surface area contributed by atoms with Crippen LogP contribution in [0.1, 0.15) is 13.8 Å². The summed E-state index contributed by atoms with van der Waals surface area (Å²) < 4.78 is -0.241. The van der Waals surface area contributed by atoms with E-state index in [9.17, 15) is 4.79 Å². The normalized spacial score (nSPS) is 16.4. The molecule has 2 nitrogen and oxygen atoms in total. The maximum absolute atomic E-state index is 11.0. The summed E-state index contributed by atoms with van der Waals surface area (Å²) in [7, 11) is 1.86. The smallest absolute Gasteiger partial charge is 0.146 e. The molecule has 0 spiro atoms. The summed E-state index contributed by atoms with van der Waals surface area (Å²) in [5.41, 5.74) is 0. The van der Waals surface area contributed by atoms with E-state index in [1.54, 1.807) is 18.7 Å². The van der Waals surface area contributed by atoms with E-state index in [0.29, 0.717) is 0 Å². The van der Waals surface area contributed by atoms with Crippen molar-refractivity contribution in [2.45, 2.75) is 18.6 Å². The maximum Gasteiger partial charge on any atom is 0.146 e. The van der Waals surface area contributed by atoms with E-state index < -0.39 is 0 Å². The summed E-state index contributed by atoms with van der Waals surface area (Å²) in [5.74, 6) is 0.231. The van der Waals surface area contributed by atoms with Crippen LogP contribution in [-0.2, 0) is 4.79 Å². The zero-order chi connectivity index (χ0) is 8.20. The van der Waals surface area contributed by atoms with Gasteiger partial charge >= 0.3 is 0 Å². The first-order valence-corrected chi connectivity index (χ1v) is 4.50. The van der Waals surface area contributed by atoms with Gasteiger partial charge in [0, 0.05) is 6.54 Å². The third-order valence-electron chi connectivity index (χ3n) is 1.71. The fourth-order valence-corrected chi connectivity index (χ4v) is 1.25. The minimum atomic E-state index is -0.241. The Labute approximate surface area is 66.8 Å². The summed E-state index contributed by atoms with van der Waals surface area (Å²) in [6, 6.07) is 0. The SMILES string of the molecule is CNC[C@@](C)(SC)C(C)=O. The van der Waals surface area contributed by atoms with Crippen molar-refractivity contribution in [3.05, 3.63) is 0 Å². The Hall–Kier alpha value is -0.0200. The molecule has 1 N–H and O–H groups in total. The third-order valence-corrected chi connectivity index (χ3v) is 3.04. The Kier molecular flexibility index (Phi) is 3.98. The van der Waals surface area contributed by atoms with E-state index in [1.165, 1.54) is 0 Å². The minimum Gasteiger partial charge on any atom is -0.318 e. The molecule has 0 aromatic rings. The largest absolute Gasteiger partial charge is 0.318 e. The first-order chi connectivity index (χ1) is 4.56. The highest BCUT2D eigenvalue weighted by Gasteiger charge is 2.27. The van der Waals surface area contributed by atoms with Crippen molar-refractivity contribution in [3.8, 4) is 0 Å². The molecule has 0 rings (SSSR count). The van der Waals surface area contributed by atoms with E-state index in [2.05, 4.69) is 5.32 Å². The molecule has 0 heterocycles. The summed E-state index contributed by atoms with van der Waals surface area (Å²) in [6.07, 6.45) is 1.96. The van der Waals surface area contributed by atoms with Crippen LogP contribution in [0.4, 0.5) is 0 Å². The number of ketones is 1. The van der Waals surface area contributed by atoms with Gasteiger partial charge in [0.15, 0.2) is 0 Å². The molecule has 0 aromatic carbocycles. The van der Waals surface area contributed by atoms with Gasteiger partial charge in [-0.1, -0.05) is 0 Å². The van der Waals surface area contributed by atoms with Crippen LogP contribution < -0.4 is 5.32 Å². The van der Waals surface area contributed by atoms with E-state index in [0.717, 1.165) is 6.54 Å². The molecule has 0 saturated heterocycles. The molecule has 0 aromatic heterocycles. The van der Waals surface area contributed by atoms with Crippen molar-refractivity contribution < 1.29 is 4.79 Å². The van der Waals surface area contributed by atoms with Crippen LogP contribution in [0.5, 0.6) is 0 Å². The van der Waals surface area contributed by atoms with Gasteiger partial charge in [-0.2, -0.15) is 0 Å². The van der Waals surface area contributed by atoms with Gasteiger partial charge in [0.1, 0.15) is 5.78 Å². The highest BCUT2D eigenvalue weighted by atomic mass is 32.2. The monoisotopic (exact) mass is 161 g/mol. The molecule has 0 aliphatic rings. The molecule has 0 aliphatic heterocycles. The number of thioether (sulfide) groups is 1. The molecule has 10 heavy (non-hydrogen) atoms.